The van der Waals surface area contributed by atoms with E-state index in [0.29, 0.717) is 5.75 Å². The molecule has 2 N–H and O–H groups in total. The van der Waals surface area contributed by atoms with Crippen LogP contribution in [-0.4, -0.2) is 23.4 Å². The number of phenolic OH excluding ortho intramolecular Hbond substituents is 1. The number of phenols is 1. The number of aromatic hydroxyl groups is 1. The Bertz CT molecular complexity index is 329. The van der Waals surface area contributed by atoms with E-state index in [4.69, 9.17) is 9.84 Å². The molecule has 3 heteroatoms. The van der Waals surface area contributed by atoms with Crippen molar-refractivity contribution in [1.29, 1.82) is 0 Å². The second-order valence-corrected chi connectivity index (χ2v) is 3.03. The molecule has 1 atom stereocenters. The SMILES string of the molecule is COc1cc(C=CC(C)O)ccc1O. The number of hydrogen-bond donors (Lipinski definition) is 2. The molecule has 0 aliphatic carbocycles. The fourth-order valence-electron chi connectivity index (χ4n) is 1.05. The molecule has 0 heterocycles. The number of ether oxygens (including phenoxy) is 1. The summed E-state index contributed by atoms with van der Waals surface area (Å²) in [6.07, 6.45) is 2.95. The van der Waals surface area contributed by atoms with Gasteiger partial charge in [-0.2, -0.15) is 0 Å². The molecule has 0 aromatic heterocycles. The molecular weight excluding hydrogens is 180 g/mol. The Balaban J connectivity index is 2.89. The number of aliphatic hydroxyl groups excluding tert-OH is 1. The Morgan fingerprint density at radius 2 is 2.14 bits per heavy atom. The summed E-state index contributed by atoms with van der Waals surface area (Å²) < 4.78 is 4.95. The summed E-state index contributed by atoms with van der Waals surface area (Å²) >= 11 is 0. The predicted octanol–water partition coefficient (Wildman–Crippen LogP) is 1.79. The molecule has 0 radical (unpaired) electrons. The van der Waals surface area contributed by atoms with E-state index in [9.17, 15) is 5.11 Å². The van der Waals surface area contributed by atoms with Crippen LogP contribution >= 0.6 is 0 Å². The molecule has 0 fully saturated rings. The highest BCUT2D eigenvalue weighted by molar-refractivity contribution is 5.55. The molecule has 3 nitrogen and oxygen atoms in total. The maximum atomic E-state index is 9.31. The van der Waals surface area contributed by atoms with Gasteiger partial charge in [-0.3, -0.25) is 0 Å². The Morgan fingerprint density at radius 3 is 2.71 bits per heavy atom. The molecule has 76 valence electrons. The van der Waals surface area contributed by atoms with Gasteiger partial charge in [0.15, 0.2) is 11.5 Å². The third-order valence-electron chi connectivity index (χ3n) is 1.77. The highest BCUT2D eigenvalue weighted by Gasteiger charge is 2.00. The molecule has 1 aromatic rings. The average molecular weight is 194 g/mol. The number of benzene rings is 1. The molecule has 0 saturated carbocycles. The second-order valence-electron chi connectivity index (χ2n) is 3.03. The molecule has 0 amide bonds. The molecule has 0 saturated heterocycles. The molecule has 14 heavy (non-hydrogen) atoms. The summed E-state index contributed by atoms with van der Waals surface area (Å²) in [6.45, 7) is 1.67. The van der Waals surface area contributed by atoms with Crippen LogP contribution in [0.5, 0.6) is 11.5 Å². The molecule has 1 rings (SSSR count). The summed E-state index contributed by atoms with van der Waals surface area (Å²) in [5.74, 6) is 0.541. The maximum absolute atomic E-state index is 9.31. The van der Waals surface area contributed by atoms with Crippen molar-refractivity contribution in [1.82, 2.24) is 0 Å². The fourth-order valence-corrected chi connectivity index (χ4v) is 1.05. The number of aliphatic hydroxyl groups is 1. The van der Waals surface area contributed by atoms with Crippen molar-refractivity contribution in [2.45, 2.75) is 13.0 Å². The molecule has 0 aliphatic heterocycles. The molecule has 0 bridgehead atoms. The topological polar surface area (TPSA) is 49.7 Å². The summed E-state index contributed by atoms with van der Waals surface area (Å²) in [5, 5.41) is 18.3. The number of hydrogen-bond acceptors (Lipinski definition) is 3. The van der Waals surface area contributed by atoms with E-state index in [0.717, 1.165) is 5.56 Å². The molecular formula is C11H14O3. The summed E-state index contributed by atoms with van der Waals surface area (Å²) in [4.78, 5) is 0. The van der Waals surface area contributed by atoms with Crippen molar-refractivity contribution in [3.05, 3.63) is 29.8 Å². The third kappa shape index (κ3) is 2.78. The van der Waals surface area contributed by atoms with Gasteiger partial charge in [0, 0.05) is 0 Å². The van der Waals surface area contributed by atoms with Gasteiger partial charge in [0.05, 0.1) is 13.2 Å². The van der Waals surface area contributed by atoms with Gasteiger partial charge in [0.1, 0.15) is 0 Å². The summed E-state index contributed by atoms with van der Waals surface area (Å²) in [5.41, 5.74) is 0.876. The van der Waals surface area contributed by atoms with Crippen LogP contribution in [0.2, 0.25) is 0 Å². The quantitative estimate of drug-likeness (QED) is 0.771. The fraction of sp³-hybridized carbons (Fsp3) is 0.273. The van der Waals surface area contributed by atoms with Gasteiger partial charge in [0.25, 0.3) is 0 Å². The first-order valence-electron chi connectivity index (χ1n) is 4.36. The van der Waals surface area contributed by atoms with Crippen molar-refractivity contribution < 1.29 is 14.9 Å². The standard InChI is InChI=1S/C11H14O3/c1-8(12)3-4-9-5-6-10(13)11(7-9)14-2/h3-8,12-13H,1-2H3. The minimum atomic E-state index is -0.477. The van der Waals surface area contributed by atoms with E-state index < -0.39 is 6.10 Å². The summed E-state index contributed by atoms with van der Waals surface area (Å²) in [7, 11) is 1.50. The maximum Gasteiger partial charge on any atom is 0.161 e. The molecule has 1 aromatic carbocycles. The second kappa shape index (κ2) is 4.67. The van der Waals surface area contributed by atoms with E-state index in [2.05, 4.69) is 0 Å². The lowest BCUT2D eigenvalue weighted by molar-refractivity contribution is 0.245. The van der Waals surface area contributed by atoms with Crippen molar-refractivity contribution >= 4 is 6.08 Å². The van der Waals surface area contributed by atoms with Gasteiger partial charge in [-0.05, 0) is 24.6 Å². The summed E-state index contributed by atoms with van der Waals surface area (Å²) in [6, 6.07) is 5.01. The Hall–Kier alpha value is -1.48. The zero-order valence-electron chi connectivity index (χ0n) is 8.27. The van der Waals surface area contributed by atoms with E-state index >= 15 is 0 Å². The zero-order valence-corrected chi connectivity index (χ0v) is 8.27. The number of rotatable bonds is 3. The van der Waals surface area contributed by atoms with Gasteiger partial charge in [0.2, 0.25) is 0 Å². The highest BCUT2D eigenvalue weighted by Crippen LogP contribution is 2.26. The van der Waals surface area contributed by atoms with Crippen LogP contribution in [0.15, 0.2) is 24.3 Å². The van der Waals surface area contributed by atoms with Crippen molar-refractivity contribution in [2.75, 3.05) is 7.11 Å². The van der Waals surface area contributed by atoms with Gasteiger partial charge in [-0.1, -0.05) is 18.2 Å². The van der Waals surface area contributed by atoms with Crippen molar-refractivity contribution in [2.24, 2.45) is 0 Å². The van der Waals surface area contributed by atoms with Crippen molar-refractivity contribution in [3.8, 4) is 11.5 Å². The first-order valence-corrected chi connectivity index (χ1v) is 4.36. The van der Waals surface area contributed by atoms with Crippen LogP contribution in [0.25, 0.3) is 6.08 Å². The monoisotopic (exact) mass is 194 g/mol. The normalized spacial score (nSPS) is 13.1. The minimum Gasteiger partial charge on any atom is -0.504 e. The largest absolute Gasteiger partial charge is 0.504 e. The first-order chi connectivity index (χ1) is 6.63. The lowest BCUT2D eigenvalue weighted by atomic mass is 10.1. The van der Waals surface area contributed by atoms with Crippen molar-refractivity contribution in [3.63, 3.8) is 0 Å². The van der Waals surface area contributed by atoms with Crippen LogP contribution in [0, 0.1) is 0 Å². The van der Waals surface area contributed by atoms with Crippen LogP contribution in [0.1, 0.15) is 12.5 Å². The van der Waals surface area contributed by atoms with E-state index in [1.807, 2.05) is 0 Å². The van der Waals surface area contributed by atoms with E-state index in [1.165, 1.54) is 7.11 Å². The van der Waals surface area contributed by atoms with Gasteiger partial charge >= 0.3 is 0 Å². The van der Waals surface area contributed by atoms with Crippen LogP contribution in [-0.2, 0) is 0 Å². The van der Waals surface area contributed by atoms with Gasteiger partial charge < -0.3 is 14.9 Å². The minimum absolute atomic E-state index is 0.113. The average Bonchev–Trinajstić information content (AvgIpc) is 2.16. The van der Waals surface area contributed by atoms with Crippen LogP contribution < -0.4 is 4.74 Å². The molecule has 0 spiro atoms. The highest BCUT2D eigenvalue weighted by atomic mass is 16.5. The van der Waals surface area contributed by atoms with E-state index in [-0.39, 0.29) is 5.75 Å². The molecule has 1 unspecified atom stereocenters. The van der Waals surface area contributed by atoms with Gasteiger partial charge in [-0.15, -0.1) is 0 Å². The predicted molar refractivity (Wildman–Crippen MR) is 55.4 cm³/mol. The lowest BCUT2D eigenvalue weighted by Gasteiger charge is -2.03. The first kappa shape index (κ1) is 10.6. The third-order valence-corrected chi connectivity index (χ3v) is 1.77. The Morgan fingerprint density at radius 1 is 1.43 bits per heavy atom. The smallest absolute Gasteiger partial charge is 0.161 e. The number of methoxy groups -OCH3 is 1. The zero-order chi connectivity index (χ0) is 10.6. The lowest BCUT2D eigenvalue weighted by Crippen LogP contribution is -1.91. The van der Waals surface area contributed by atoms with Crippen LogP contribution in [0.4, 0.5) is 0 Å². The van der Waals surface area contributed by atoms with Crippen LogP contribution in [0.3, 0.4) is 0 Å². The Labute approximate surface area is 83.3 Å². The molecule has 0 aliphatic rings. The Kier molecular flexibility index (Phi) is 3.54. The van der Waals surface area contributed by atoms with E-state index in [1.54, 1.807) is 37.3 Å². The van der Waals surface area contributed by atoms with Gasteiger partial charge in [-0.25, -0.2) is 0 Å².